The molecule has 6 rings (SSSR count). The van der Waals surface area contributed by atoms with E-state index in [1.54, 1.807) is 12.3 Å². The van der Waals surface area contributed by atoms with Gasteiger partial charge in [-0.15, -0.1) is 0 Å². The summed E-state index contributed by atoms with van der Waals surface area (Å²) in [4.78, 5) is 20.2. The molecule has 2 aromatic carbocycles. The number of aromatic nitrogens is 4. The molecule has 0 radical (unpaired) electrons. The van der Waals surface area contributed by atoms with Crippen molar-refractivity contribution in [3.63, 3.8) is 0 Å². The lowest BCUT2D eigenvalue weighted by molar-refractivity contribution is -0.140. The van der Waals surface area contributed by atoms with Crippen LogP contribution < -0.4 is 4.74 Å². The van der Waals surface area contributed by atoms with E-state index in [9.17, 15) is 18.0 Å². The smallest absolute Gasteiger partial charge is 0.435 e. The standard InChI is InChI=1S/C29H28F3N5O2/c1-17-4-5-26-23(12-17)25(7-11-39-26)37-9-6-20-21(24-16-35(3)34-27(24)29(30,31)32)13-19(14-22(20)28(37)38)15-36-10-8-33-18(36)2/h4-5,8,10,12-14,16,25H,6-7,9,11,15H2,1-3H3. The Labute approximate surface area is 223 Å². The molecule has 39 heavy (non-hydrogen) atoms. The molecule has 1 unspecified atom stereocenters. The number of aryl methyl sites for hydroxylation is 3. The van der Waals surface area contributed by atoms with Gasteiger partial charge >= 0.3 is 6.18 Å². The van der Waals surface area contributed by atoms with Crippen LogP contribution in [-0.4, -0.2) is 43.3 Å². The normalized spacial score (nSPS) is 17.1. The van der Waals surface area contributed by atoms with Gasteiger partial charge in [0.1, 0.15) is 11.6 Å². The van der Waals surface area contributed by atoms with Crippen LogP contribution in [0.3, 0.4) is 0 Å². The van der Waals surface area contributed by atoms with Crippen LogP contribution in [0.1, 0.15) is 56.6 Å². The molecule has 0 N–H and O–H groups in total. The van der Waals surface area contributed by atoms with Crippen LogP contribution in [0.15, 0.2) is 48.9 Å². The van der Waals surface area contributed by atoms with E-state index in [2.05, 4.69) is 16.1 Å². The highest BCUT2D eigenvalue weighted by Crippen LogP contribution is 2.43. The van der Waals surface area contributed by atoms with Crippen LogP contribution in [0.2, 0.25) is 0 Å². The van der Waals surface area contributed by atoms with Gasteiger partial charge in [0, 0.05) is 61.8 Å². The zero-order valence-corrected chi connectivity index (χ0v) is 21.9. The molecule has 0 aliphatic carbocycles. The minimum absolute atomic E-state index is 0.0151. The summed E-state index contributed by atoms with van der Waals surface area (Å²) in [5.41, 5.74) is 3.25. The molecule has 2 aliphatic heterocycles. The fourth-order valence-corrected chi connectivity index (χ4v) is 5.79. The Morgan fingerprint density at radius 1 is 1.10 bits per heavy atom. The molecule has 1 amide bonds. The molecule has 10 heteroatoms. The van der Waals surface area contributed by atoms with E-state index in [1.165, 1.54) is 17.9 Å². The summed E-state index contributed by atoms with van der Waals surface area (Å²) in [7, 11) is 1.47. The number of fused-ring (bicyclic) bond motifs is 2. The number of amides is 1. The first-order chi connectivity index (χ1) is 18.6. The van der Waals surface area contributed by atoms with Gasteiger partial charge in [-0.1, -0.05) is 17.7 Å². The molecule has 0 bridgehead atoms. The fourth-order valence-electron chi connectivity index (χ4n) is 5.79. The minimum atomic E-state index is -4.63. The van der Waals surface area contributed by atoms with Crippen molar-refractivity contribution < 1.29 is 22.7 Å². The molecular weight excluding hydrogens is 507 g/mol. The SMILES string of the molecule is Cc1ccc2c(c1)C(N1CCc3c(cc(Cn4ccnc4C)cc3-c3cn(C)nc3C(F)(F)F)C1=O)CCO2. The maximum Gasteiger partial charge on any atom is 0.435 e. The lowest BCUT2D eigenvalue weighted by Gasteiger charge is -2.39. The monoisotopic (exact) mass is 535 g/mol. The molecule has 0 saturated carbocycles. The van der Waals surface area contributed by atoms with Crippen molar-refractivity contribution in [2.75, 3.05) is 13.2 Å². The van der Waals surface area contributed by atoms with Crippen molar-refractivity contribution in [2.24, 2.45) is 7.05 Å². The van der Waals surface area contributed by atoms with Crippen LogP contribution in [-0.2, 0) is 26.2 Å². The number of imidazole rings is 1. The number of ether oxygens (including phenoxy) is 1. The Morgan fingerprint density at radius 3 is 2.64 bits per heavy atom. The number of halogens is 3. The third kappa shape index (κ3) is 4.47. The molecule has 4 aromatic rings. The second-order valence-electron chi connectivity index (χ2n) is 10.3. The van der Waals surface area contributed by atoms with E-state index >= 15 is 0 Å². The first-order valence-corrected chi connectivity index (χ1v) is 12.9. The van der Waals surface area contributed by atoms with Gasteiger partial charge in [0.2, 0.25) is 0 Å². The predicted molar refractivity (Wildman–Crippen MR) is 138 cm³/mol. The van der Waals surface area contributed by atoms with Crippen LogP contribution >= 0.6 is 0 Å². The van der Waals surface area contributed by atoms with Crippen molar-refractivity contribution >= 4 is 5.91 Å². The van der Waals surface area contributed by atoms with Crippen molar-refractivity contribution in [3.05, 3.63) is 88.3 Å². The van der Waals surface area contributed by atoms with E-state index in [0.717, 1.165) is 28.3 Å². The zero-order valence-electron chi connectivity index (χ0n) is 21.9. The molecule has 1 atom stereocenters. The number of hydrogen-bond acceptors (Lipinski definition) is 4. The Balaban J connectivity index is 1.48. The van der Waals surface area contributed by atoms with Gasteiger partial charge < -0.3 is 14.2 Å². The van der Waals surface area contributed by atoms with Crippen molar-refractivity contribution in [2.45, 2.75) is 45.5 Å². The average Bonchev–Trinajstić information content (AvgIpc) is 3.49. The van der Waals surface area contributed by atoms with E-state index < -0.39 is 11.9 Å². The molecule has 202 valence electrons. The van der Waals surface area contributed by atoms with Crippen LogP contribution in [0, 0.1) is 13.8 Å². The van der Waals surface area contributed by atoms with Gasteiger partial charge in [-0.05, 0) is 55.2 Å². The first-order valence-electron chi connectivity index (χ1n) is 12.9. The number of nitrogens with zero attached hydrogens (tertiary/aromatic N) is 5. The van der Waals surface area contributed by atoms with E-state index in [1.807, 2.05) is 47.7 Å². The summed E-state index contributed by atoms with van der Waals surface area (Å²) in [5, 5.41) is 3.73. The Morgan fingerprint density at radius 2 is 1.90 bits per heavy atom. The predicted octanol–water partition coefficient (Wildman–Crippen LogP) is 5.49. The van der Waals surface area contributed by atoms with Gasteiger partial charge in [-0.3, -0.25) is 9.48 Å². The summed E-state index contributed by atoms with van der Waals surface area (Å²) in [6.45, 7) is 5.13. The van der Waals surface area contributed by atoms with Crippen LogP contribution in [0.5, 0.6) is 5.75 Å². The molecule has 0 fully saturated rings. The third-order valence-corrected chi connectivity index (χ3v) is 7.62. The Bertz CT molecular complexity index is 1590. The summed E-state index contributed by atoms with van der Waals surface area (Å²) in [6.07, 6.45) is 1.34. The van der Waals surface area contributed by atoms with Crippen LogP contribution in [0.25, 0.3) is 11.1 Å². The summed E-state index contributed by atoms with van der Waals surface area (Å²) >= 11 is 0. The topological polar surface area (TPSA) is 65.2 Å². The minimum Gasteiger partial charge on any atom is -0.493 e. The Kier molecular flexibility index (Phi) is 6.00. The van der Waals surface area contributed by atoms with Crippen molar-refractivity contribution in [1.82, 2.24) is 24.2 Å². The zero-order chi connectivity index (χ0) is 27.5. The number of alkyl halides is 3. The highest BCUT2D eigenvalue weighted by atomic mass is 19.4. The highest BCUT2D eigenvalue weighted by Gasteiger charge is 2.40. The molecule has 2 aromatic heterocycles. The summed E-state index contributed by atoms with van der Waals surface area (Å²) in [5.74, 6) is 1.36. The summed E-state index contributed by atoms with van der Waals surface area (Å²) < 4.78 is 51.0. The van der Waals surface area contributed by atoms with E-state index in [-0.39, 0.29) is 17.5 Å². The number of benzene rings is 2. The second-order valence-corrected chi connectivity index (χ2v) is 10.3. The van der Waals surface area contributed by atoms with Gasteiger partial charge in [-0.25, -0.2) is 4.98 Å². The molecule has 0 spiro atoms. The number of rotatable bonds is 4. The fraction of sp³-hybridized carbons (Fsp3) is 0.345. The maximum atomic E-state index is 14.1. The molecular formula is C29H28F3N5O2. The summed E-state index contributed by atoms with van der Waals surface area (Å²) in [6, 6.07) is 9.40. The lowest BCUT2D eigenvalue weighted by atomic mass is 9.86. The maximum absolute atomic E-state index is 14.1. The van der Waals surface area contributed by atoms with Crippen molar-refractivity contribution in [1.29, 1.82) is 0 Å². The van der Waals surface area contributed by atoms with Gasteiger partial charge in [0.25, 0.3) is 5.91 Å². The average molecular weight is 536 g/mol. The second kappa shape index (κ2) is 9.29. The van der Waals surface area contributed by atoms with Crippen LogP contribution in [0.4, 0.5) is 13.2 Å². The Hall–Kier alpha value is -4.08. The van der Waals surface area contributed by atoms with Crippen molar-refractivity contribution in [3.8, 4) is 16.9 Å². The number of hydrogen-bond donors (Lipinski definition) is 0. The highest BCUT2D eigenvalue weighted by molar-refractivity contribution is 5.99. The first kappa shape index (κ1) is 25.2. The molecule has 4 heterocycles. The molecule has 7 nitrogen and oxygen atoms in total. The van der Waals surface area contributed by atoms with Gasteiger partial charge in [0.15, 0.2) is 5.69 Å². The van der Waals surface area contributed by atoms with Gasteiger partial charge in [0.05, 0.1) is 12.6 Å². The molecule has 0 saturated heterocycles. The largest absolute Gasteiger partial charge is 0.493 e. The lowest BCUT2D eigenvalue weighted by Crippen LogP contribution is -2.42. The van der Waals surface area contributed by atoms with Gasteiger partial charge in [-0.2, -0.15) is 18.3 Å². The van der Waals surface area contributed by atoms with E-state index in [0.29, 0.717) is 49.2 Å². The quantitative estimate of drug-likeness (QED) is 0.347. The number of carbonyl (C=O) groups excluding carboxylic acids is 1. The molecule has 2 aliphatic rings. The van der Waals surface area contributed by atoms with E-state index in [4.69, 9.17) is 4.74 Å². The third-order valence-electron chi connectivity index (χ3n) is 7.62. The number of carbonyl (C=O) groups is 1.